The number of aliphatic hydroxyl groups excluding tert-OH is 1. The van der Waals surface area contributed by atoms with Gasteiger partial charge in [-0.05, 0) is 99.1 Å². The molecule has 140 valence electrons. The first-order valence-corrected chi connectivity index (χ1v) is 10.6. The summed E-state index contributed by atoms with van der Waals surface area (Å²) in [6.07, 6.45) is 10.7. The van der Waals surface area contributed by atoms with Crippen molar-refractivity contribution in [3.05, 3.63) is 0 Å². The number of hydrogen-bond acceptors (Lipinski definition) is 3. The number of nitrogens with two attached hydrogens (primary N) is 1. The van der Waals surface area contributed by atoms with E-state index in [1.54, 1.807) is 0 Å². The van der Waals surface area contributed by atoms with Crippen LogP contribution in [0.4, 0.5) is 0 Å². The SMILES string of the molecule is CC12CCC3C(CCC4CC(O)CCC43C)C1CCC2=NNC(N)=S. The van der Waals surface area contributed by atoms with E-state index in [1.807, 2.05) is 0 Å². The molecule has 4 fully saturated rings. The Kier molecular flexibility index (Phi) is 4.39. The largest absolute Gasteiger partial charge is 0.393 e. The van der Waals surface area contributed by atoms with E-state index in [0.29, 0.717) is 5.41 Å². The molecule has 0 heterocycles. The first kappa shape index (κ1) is 17.7. The predicted molar refractivity (Wildman–Crippen MR) is 105 cm³/mol. The summed E-state index contributed by atoms with van der Waals surface area (Å²) < 4.78 is 0. The molecule has 7 unspecified atom stereocenters. The maximum absolute atomic E-state index is 10.1. The molecule has 4 aliphatic carbocycles. The molecule has 0 amide bonds. The van der Waals surface area contributed by atoms with Crippen molar-refractivity contribution in [3.8, 4) is 0 Å². The zero-order valence-electron chi connectivity index (χ0n) is 15.6. The van der Waals surface area contributed by atoms with Crippen molar-refractivity contribution in [2.45, 2.75) is 77.7 Å². The van der Waals surface area contributed by atoms with Crippen molar-refractivity contribution in [2.24, 2.45) is 45.3 Å². The fourth-order valence-corrected chi connectivity index (χ4v) is 7.38. The van der Waals surface area contributed by atoms with E-state index >= 15 is 0 Å². The van der Waals surface area contributed by atoms with Crippen LogP contribution in [0, 0.1) is 34.5 Å². The first-order valence-electron chi connectivity index (χ1n) is 10.1. The van der Waals surface area contributed by atoms with Crippen LogP contribution >= 0.6 is 12.2 Å². The molecular formula is C20H33N3OS. The molecular weight excluding hydrogens is 330 g/mol. The molecule has 0 bridgehead atoms. The molecule has 0 aromatic heterocycles. The summed E-state index contributed by atoms with van der Waals surface area (Å²) in [4.78, 5) is 0. The minimum Gasteiger partial charge on any atom is -0.393 e. The van der Waals surface area contributed by atoms with Crippen LogP contribution in [-0.4, -0.2) is 22.0 Å². The van der Waals surface area contributed by atoms with Crippen LogP contribution in [0.25, 0.3) is 0 Å². The maximum atomic E-state index is 10.1. The summed E-state index contributed by atoms with van der Waals surface area (Å²) >= 11 is 4.93. The molecule has 4 saturated carbocycles. The van der Waals surface area contributed by atoms with Crippen LogP contribution in [-0.2, 0) is 0 Å². The van der Waals surface area contributed by atoms with E-state index in [0.717, 1.165) is 42.9 Å². The lowest BCUT2D eigenvalue weighted by Gasteiger charge is -2.60. The standard InChI is InChI=1S/C20H33N3OS/c1-19-9-7-13(24)11-12(19)3-4-14-15-5-6-17(22-23-18(21)25)20(15,2)10-8-16(14)19/h12-16,24H,3-11H2,1-2H3,(H3,21,23,25). The van der Waals surface area contributed by atoms with Gasteiger partial charge < -0.3 is 10.8 Å². The third-order valence-corrected chi connectivity index (χ3v) is 8.77. The van der Waals surface area contributed by atoms with Gasteiger partial charge in [0.25, 0.3) is 0 Å². The van der Waals surface area contributed by atoms with Crippen LogP contribution in [0.1, 0.15) is 71.6 Å². The topological polar surface area (TPSA) is 70.6 Å². The average Bonchev–Trinajstić information content (AvgIpc) is 2.90. The second kappa shape index (κ2) is 6.19. The molecule has 0 aliphatic heterocycles. The third kappa shape index (κ3) is 2.73. The number of aliphatic hydroxyl groups is 1. The van der Waals surface area contributed by atoms with Crippen molar-refractivity contribution in [1.82, 2.24) is 5.43 Å². The average molecular weight is 364 g/mol. The van der Waals surface area contributed by atoms with Gasteiger partial charge in [0.15, 0.2) is 5.11 Å². The van der Waals surface area contributed by atoms with Gasteiger partial charge in [0, 0.05) is 11.1 Å². The summed E-state index contributed by atoms with van der Waals surface area (Å²) in [6.45, 7) is 4.97. The van der Waals surface area contributed by atoms with E-state index in [-0.39, 0.29) is 16.6 Å². The second-order valence-electron chi connectivity index (χ2n) is 9.61. The fraction of sp³-hybridized carbons (Fsp3) is 0.900. The molecule has 4 rings (SSSR count). The lowest BCUT2D eigenvalue weighted by molar-refractivity contribution is -0.113. The van der Waals surface area contributed by atoms with Gasteiger partial charge in [-0.3, -0.25) is 5.43 Å². The fourth-order valence-electron chi connectivity index (χ4n) is 7.33. The Hall–Kier alpha value is -0.680. The Morgan fingerprint density at radius 3 is 2.72 bits per heavy atom. The van der Waals surface area contributed by atoms with Crippen LogP contribution in [0.3, 0.4) is 0 Å². The van der Waals surface area contributed by atoms with Gasteiger partial charge in [-0.25, -0.2) is 0 Å². The number of hydrazone groups is 1. The number of thiocarbonyl (C=S) groups is 1. The summed E-state index contributed by atoms with van der Waals surface area (Å²) in [7, 11) is 0. The second-order valence-corrected chi connectivity index (χ2v) is 10.1. The predicted octanol–water partition coefficient (Wildman–Crippen LogP) is 3.58. The molecule has 4 aliphatic rings. The Morgan fingerprint density at radius 1 is 1.16 bits per heavy atom. The molecule has 7 atom stereocenters. The zero-order chi connectivity index (χ0) is 17.8. The lowest BCUT2D eigenvalue weighted by Crippen LogP contribution is -2.54. The minimum absolute atomic E-state index is 0.0557. The number of nitrogens with zero attached hydrogens (tertiary/aromatic N) is 1. The number of fused-ring (bicyclic) bond motifs is 5. The van der Waals surface area contributed by atoms with Gasteiger partial charge in [-0.15, -0.1) is 0 Å². The normalized spacial score (nSPS) is 50.7. The van der Waals surface area contributed by atoms with Gasteiger partial charge in [0.2, 0.25) is 0 Å². The third-order valence-electron chi connectivity index (χ3n) is 8.68. The van der Waals surface area contributed by atoms with E-state index in [9.17, 15) is 5.11 Å². The Balaban J connectivity index is 1.58. The highest BCUT2D eigenvalue weighted by Crippen LogP contribution is 2.65. The molecule has 5 heteroatoms. The van der Waals surface area contributed by atoms with Crippen molar-refractivity contribution in [2.75, 3.05) is 0 Å². The summed E-state index contributed by atoms with van der Waals surface area (Å²) in [5.41, 5.74) is 10.4. The van der Waals surface area contributed by atoms with Gasteiger partial charge in [0.1, 0.15) is 0 Å². The minimum atomic E-state index is -0.0557. The molecule has 0 spiro atoms. The highest BCUT2D eigenvalue weighted by atomic mass is 32.1. The molecule has 0 aromatic rings. The van der Waals surface area contributed by atoms with Gasteiger partial charge >= 0.3 is 0 Å². The molecule has 4 N–H and O–H groups in total. The van der Waals surface area contributed by atoms with E-state index in [4.69, 9.17) is 18.0 Å². The number of rotatable bonds is 1. The summed E-state index contributed by atoms with van der Waals surface area (Å²) in [5.74, 6) is 3.14. The first-order chi connectivity index (χ1) is 11.8. The Labute approximate surface area is 157 Å². The van der Waals surface area contributed by atoms with Crippen LogP contribution in [0.5, 0.6) is 0 Å². The zero-order valence-corrected chi connectivity index (χ0v) is 16.4. The van der Waals surface area contributed by atoms with Crippen molar-refractivity contribution in [3.63, 3.8) is 0 Å². The maximum Gasteiger partial charge on any atom is 0.184 e. The quantitative estimate of drug-likeness (QED) is 0.492. The lowest BCUT2D eigenvalue weighted by atomic mass is 9.45. The summed E-state index contributed by atoms with van der Waals surface area (Å²) in [5, 5.41) is 15.0. The molecule has 0 saturated heterocycles. The van der Waals surface area contributed by atoms with Crippen LogP contribution in [0.15, 0.2) is 5.10 Å². The molecule has 0 radical (unpaired) electrons. The van der Waals surface area contributed by atoms with Crippen molar-refractivity contribution >= 4 is 23.0 Å². The number of nitrogens with one attached hydrogen (secondary N) is 1. The van der Waals surface area contributed by atoms with Crippen molar-refractivity contribution in [1.29, 1.82) is 0 Å². The Bertz CT molecular complexity index is 593. The highest BCUT2D eigenvalue weighted by Gasteiger charge is 2.59. The Morgan fingerprint density at radius 2 is 1.96 bits per heavy atom. The number of hydrogen-bond donors (Lipinski definition) is 3. The molecule has 0 aromatic carbocycles. The van der Waals surface area contributed by atoms with Crippen LogP contribution < -0.4 is 11.2 Å². The highest BCUT2D eigenvalue weighted by molar-refractivity contribution is 7.80. The smallest absolute Gasteiger partial charge is 0.184 e. The monoisotopic (exact) mass is 363 g/mol. The van der Waals surface area contributed by atoms with Gasteiger partial charge in [-0.1, -0.05) is 13.8 Å². The van der Waals surface area contributed by atoms with Gasteiger partial charge in [-0.2, -0.15) is 5.10 Å². The van der Waals surface area contributed by atoms with Crippen LogP contribution in [0.2, 0.25) is 0 Å². The molecule has 4 nitrogen and oxygen atoms in total. The molecule has 25 heavy (non-hydrogen) atoms. The van der Waals surface area contributed by atoms with Crippen molar-refractivity contribution < 1.29 is 5.11 Å². The van der Waals surface area contributed by atoms with E-state index < -0.39 is 0 Å². The van der Waals surface area contributed by atoms with E-state index in [1.165, 1.54) is 44.2 Å². The van der Waals surface area contributed by atoms with E-state index in [2.05, 4.69) is 24.4 Å². The van der Waals surface area contributed by atoms with Gasteiger partial charge in [0.05, 0.1) is 6.10 Å². The summed E-state index contributed by atoms with van der Waals surface area (Å²) in [6, 6.07) is 0.